The number of halogens is 1. The molecule has 1 aromatic rings. The van der Waals surface area contributed by atoms with Crippen LogP contribution in [0, 0.1) is 17.2 Å². The van der Waals surface area contributed by atoms with Crippen LogP contribution >= 0.6 is 11.6 Å². The predicted molar refractivity (Wildman–Crippen MR) is 80.4 cm³/mol. The Morgan fingerprint density at radius 3 is 2.63 bits per heavy atom. The van der Waals surface area contributed by atoms with Crippen molar-refractivity contribution in [3.63, 3.8) is 0 Å². The van der Waals surface area contributed by atoms with Crippen LogP contribution in [0.2, 0.25) is 5.02 Å². The van der Waals surface area contributed by atoms with Gasteiger partial charge in [-0.2, -0.15) is 5.26 Å². The van der Waals surface area contributed by atoms with E-state index < -0.39 is 0 Å². The highest BCUT2D eigenvalue weighted by atomic mass is 35.5. The van der Waals surface area contributed by atoms with E-state index in [9.17, 15) is 0 Å². The van der Waals surface area contributed by atoms with Gasteiger partial charge in [-0.25, -0.2) is 0 Å². The molecule has 0 amide bonds. The summed E-state index contributed by atoms with van der Waals surface area (Å²) in [6.45, 7) is 2.27. The zero-order chi connectivity index (χ0) is 13.7. The Kier molecular flexibility index (Phi) is 5.10. The fraction of sp³-hybridized carbons (Fsp3) is 0.562. The highest BCUT2D eigenvalue weighted by Crippen LogP contribution is 2.30. The van der Waals surface area contributed by atoms with Gasteiger partial charge in [0.15, 0.2) is 0 Å². The van der Waals surface area contributed by atoms with Gasteiger partial charge in [0.1, 0.15) is 6.07 Å². The van der Waals surface area contributed by atoms with Crippen LogP contribution in [0.15, 0.2) is 18.2 Å². The van der Waals surface area contributed by atoms with Crippen molar-refractivity contribution in [3.8, 4) is 6.07 Å². The van der Waals surface area contributed by atoms with Crippen molar-refractivity contribution in [2.24, 2.45) is 5.92 Å². The topological polar surface area (TPSA) is 35.8 Å². The Bertz CT molecular complexity index is 456. The number of nitrogens with zero attached hydrogens (tertiary/aromatic N) is 1. The maximum absolute atomic E-state index is 8.86. The molecule has 0 atom stereocenters. The molecule has 0 aromatic heterocycles. The lowest BCUT2D eigenvalue weighted by Crippen LogP contribution is -2.26. The molecule has 2 nitrogen and oxygen atoms in total. The summed E-state index contributed by atoms with van der Waals surface area (Å²) in [6, 6.07) is 8.23. The maximum Gasteiger partial charge on any atom is 0.101 e. The van der Waals surface area contributed by atoms with Crippen LogP contribution in [0.5, 0.6) is 0 Å². The van der Waals surface area contributed by atoms with Crippen LogP contribution in [-0.2, 0) is 0 Å². The van der Waals surface area contributed by atoms with E-state index in [2.05, 4.69) is 18.3 Å². The molecule has 1 saturated carbocycles. The van der Waals surface area contributed by atoms with Crippen molar-refractivity contribution >= 4 is 17.3 Å². The van der Waals surface area contributed by atoms with Crippen molar-refractivity contribution in [1.82, 2.24) is 0 Å². The zero-order valence-electron chi connectivity index (χ0n) is 11.5. The van der Waals surface area contributed by atoms with Gasteiger partial charge < -0.3 is 5.32 Å². The summed E-state index contributed by atoms with van der Waals surface area (Å²) in [5, 5.41) is 12.9. The minimum absolute atomic E-state index is 0.534. The van der Waals surface area contributed by atoms with Gasteiger partial charge in [-0.1, -0.05) is 31.4 Å². The molecule has 1 aromatic carbocycles. The molecule has 1 N–H and O–H groups in total. The second-order valence-electron chi connectivity index (χ2n) is 5.46. The van der Waals surface area contributed by atoms with Crippen LogP contribution in [0.1, 0.15) is 51.0 Å². The number of hydrogen-bond acceptors (Lipinski definition) is 2. The van der Waals surface area contributed by atoms with E-state index in [-0.39, 0.29) is 0 Å². The van der Waals surface area contributed by atoms with Crippen LogP contribution in [-0.4, -0.2) is 6.04 Å². The first-order valence-electron chi connectivity index (χ1n) is 7.19. The SMILES string of the molecule is CCCC1CCC(Nc2ccc(C#N)c(Cl)c2)CC1. The first kappa shape index (κ1) is 14.2. The number of benzene rings is 1. The molecule has 1 aliphatic carbocycles. The van der Waals surface area contributed by atoms with E-state index in [0.717, 1.165) is 11.6 Å². The van der Waals surface area contributed by atoms with Crippen molar-refractivity contribution in [3.05, 3.63) is 28.8 Å². The van der Waals surface area contributed by atoms with Gasteiger partial charge in [0.25, 0.3) is 0 Å². The zero-order valence-corrected chi connectivity index (χ0v) is 12.2. The Morgan fingerprint density at radius 2 is 2.05 bits per heavy atom. The normalized spacial score (nSPS) is 22.8. The molecular weight excluding hydrogens is 256 g/mol. The van der Waals surface area contributed by atoms with Gasteiger partial charge >= 0.3 is 0 Å². The molecule has 2 rings (SSSR count). The minimum atomic E-state index is 0.534. The lowest BCUT2D eigenvalue weighted by atomic mass is 9.83. The van der Waals surface area contributed by atoms with Gasteiger partial charge in [-0.15, -0.1) is 0 Å². The Morgan fingerprint density at radius 1 is 1.32 bits per heavy atom. The number of rotatable bonds is 4. The van der Waals surface area contributed by atoms with Gasteiger partial charge in [0.2, 0.25) is 0 Å². The Labute approximate surface area is 120 Å². The fourth-order valence-corrected chi connectivity index (χ4v) is 3.16. The first-order valence-corrected chi connectivity index (χ1v) is 7.57. The molecule has 1 fully saturated rings. The predicted octanol–water partition coefficient (Wildman–Crippen LogP) is 4.98. The van der Waals surface area contributed by atoms with Crippen LogP contribution in [0.25, 0.3) is 0 Å². The summed E-state index contributed by atoms with van der Waals surface area (Å²) in [5.41, 5.74) is 1.57. The summed E-state index contributed by atoms with van der Waals surface area (Å²) < 4.78 is 0. The maximum atomic E-state index is 8.86. The van der Waals surface area contributed by atoms with E-state index >= 15 is 0 Å². The molecule has 19 heavy (non-hydrogen) atoms. The van der Waals surface area contributed by atoms with Gasteiger partial charge in [-0.05, 0) is 49.8 Å². The number of anilines is 1. The summed E-state index contributed by atoms with van der Waals surface area (Å²) in [4.78, 5) is 0. The second kappa shape index (κ2) is 6.82. The van der Waals surface area contributed by atoms with Crippen LogP contribution in [0.3, 0.4) is 0 Å². The Hall–Kier alpha value is -1.20. The number of nitriles is 1. The van der Waals surface area contributed by atoms with Crippen molar-refractivity contribution in [2.45, 2.75) is 51.5 Å². The average molecular weight is 277 g/mol. The molecule has 0 bridgehead atoms. The molecule has 0 saturated heterocycles. The first-order chi connectivity index (χ1) is 9.22. The van der Waals surface area contributed by atoms with Gasteiger partial charge in [-0.3, -0.25) is 0 Å². The van der Waals surface area contributed by atoms with Crippen LogP contribution in [0.4, 0.5) is 5.69 Å². The van der Waals surface area contributed by atoms with Crippen molar-refractivity contribution < 1.29 is 0 Å². The third-order valence-corrected chi connectivity index (χ3v) is 4.32. The summed E-state index contributed by atoms with van der Waals surface area (Å²) in [7, 11) is 0. The van der Waals surface area contributed by atoms with Crippen molar-refractivity contribution in [2.75, 3.05) is 5.32 Å². The average Bonchev–Trinajstić information content (AvgIpc) is 2.42. The molecule has 102 valence electrons. The lowest BCUT2D eigenvalue weighted by molar-refractivity contribution is 0.319. The standard InChI is InChI=1S/C16H21ClN2/c1-2-3-12-4-7-14(8-5-12)19-15-9-6-13(11-18)16(17)10-15/h6,9-10,12,14,19H,2-5,7-8H2,1H3. The molecule has 0 heterocycles. The van der Waals surface area contributed by atoms with Crippen LogP contribution < -0.4 is 5.32 Å². The smallest absolute Gasteiger partial charge is 0.101 e. The number of nitrogens with one attached hydrogen (secondary N) is 1. The molecule has 0 aliphatic heterocycles. The van der Waals surface area contributed by atoms with Gasteiger partial charge in [0, 0.05) is 11.7 Å². The molecule has 0 spiro atoms. The molecule has 3 heteroatoms. The summed E-state index contributed by atoms with van der Waals surface area (Å²) >= 11 is 6.05. The molecule has 0 unspecified atom stereocenters. The van der Waals surface area contributed by atoms with E-state index in [0.29, 0.717) is 16.6 Å². The monoisotopic (exact) mass is 276 g/mol. The lowest BCUT2D eigenvalue weighted by Gasteiger charge is -2.29. The summed E-state index contributed by atoms with van der Waals surface area (Å²) in [5.74, 6) is 0.924. The quantitative estimate of drug-likeness (QED) is 0.841. The highest BCUT2D eigenvalue weighted by molar-refractivity contribution is 6.32. The Balaban J connectivity index is 1.89. The number of hydrogen-bond donors (Lipinski definition) is 1. The van der Waals surface area contributed by atoms with E-state index in [4.69, 9.17) is 16.9 Å². The van der Waals surface area contributed by atoms with Crippen molar-refractivity contribution in [1.29, 1.82) is 5.26 Å². The van der Waals surface area contributed by atoms with Gasteiger partial charge in [0.05, 0.1) is 10.6 Å². The van der Waals surface area contributed by atoms with E-state index in [1.165, 1.54) is 38.5 Å². The van der Waals surface area contributed by atoms with E-state index in [1.54, 1.807) is 6.07 Å². The molecular formula is C16H21ClN2. The second-order valence-corrected chi connectivity index (χ2v) is 5.86. The van der Waals surface area contributed by atoms with E-state index in [1.807, 2.05) is 12.1 Å². The molecule has 1 aliphatic rings. The third kappa shape index (κ3) is 3.88. The third-order valence-electron chi connectivity index (χ3n) is 4.00. The largest absolute Gasteiger partial charge is 0.382 e. The molecule has 0 radical (unpaired) electrons. The fourth-order valence-electron chi connectivity index (χ4n) is 2.93. The minimum Gasteiger partial charge on any atom is -0.382 e. The summed E-state index contributed by atoms with van der Waals surface area (Å²) in [6.07, 6.45) is 7.80. The highest BCUT2D eigenvalue weighted by Gasteiger charge is 2.20.